The molecule has 0 bridgehead atoms. The quantitative estimate of drug-likeness (QED) is 0.212. The molecule has 0 atom stereocenters. The van der Waals surface area contributed by atoms with Gasteiger partial charge in [-0.3, -0.25) is 9.59 Å². The van der Waals surface area contributed by atoms with E-state index in [1.807, 2.05) is 36.4 Å². The number of amides is 1. The number of hydrogen-bond donors (Lipinski definition) is 1. The molecule has 5 rings (SSSR count). The van der Waals surface area contributed by atoms with Crippen molar-refractivity contribution in [2.45, 2.75) is 46.0 Å². The van der Waals surface area contributed by atoms with E-state index in [-0.39, 0.29) is 17.5 Å². The Morgan fingerprint density at radius 1 is 1.00 bits per heavy atom. The standard InChI is InChI=1S/C33H34FNO4/c1-20(2)7-13-29(36)25-15-24(16-27(17-25)38-19-21-5-4-6-21)23-10-14-30-28(18-23)31(33(37)35-3)32(39-30)22-8-11-26(34)12-9-22/h8-12,14-18,20-21H,4-7,13,19H2,1-3H3,(H,35,37). The number of carbonyl (C=O) groups excluding carboxylic acids is 2. The Labute approximate surface area is 228 Å². The molecule has 1 fully saturated rings. The van der Waals surface area contributed by atoms with Crippen LogP contribution in [0.25, 0.3) is 33.4 Å². The number of hydrogen-bond acceptors (Lipinski definition) is 4. The van der Waals surface area contributed by atoms with E-state index in [1.54, 1.807) is 19.2 Å². The zero-order valence-corrected chi connectivity index (χ0v) is 22.7. The van der Waals surface area contributed by atoms with Crippen molar-refractivity contribution in [3.63, 3.8) is 0 Å². The second kappa shape index (κ2) is 11.4. The van der Waals surface area contributed by atoms with Gasteiger partial charge in [-0.1, -0.05) is 26.3 Å². The molecule has 0 unspecified atom stereocenters. The predicted octanol–water partition coefficient (Wildman–Crippen LogP) is 8.06. The predicted molar refractivity (Wildman–Crippen MR) is 152 cm³/mol. The SMILES string of the molecule is CNC(=O)c1c(-c2ccc(F)cc2)oc2ccc(-c3cc(OCC4CCC4)cc(C(=O)CCC(C)C)c3)cc12. The lowest BCUT2D eigenvalue weighted by Crippen LogP contribution is -2.19. The first-order chi connectivity index (χ1) is 18.8. The van der Waals surface area contributed by atoms with Crippen LogP contribution in [0.15, 0.2) is 65.1 Å². The van der Waals surface area contributed by atoms with Crippen molar-refractivity contribution in [1.82, 2.24) is 5.32 Å². The Morgan fingerprint density at radius 3 is 2.41 bits per heavy atom. The Balaban J connectivity index is 1.57. The summed E-state index contributed by atoms with van der Waals surface area (Å²) in [4.78, 5) is 26.1. The molecule has 0 radical (unpaired) electrons. The first-order valence-corrected chi connectivity index (χ1v) is 13.7. The zero-order valence-electron chi connectivity index (χ0n) is 22.7. The van der Waals surface area contributed by atoms with Crippen LogP contribution in [-0.4, -0.2) is 25.3 Å². The van der Waals surface area contributed by atoms with Crippen LogP contribution in [0, 0.1) is 17.7 Å². The lowest BCUT2D eigenvalue weighted by Gasteiger charge is -2.25. The molecule has 0 aliphatic heterocycles. The summed E-state index contributed by atoms with van der Waals surface area (Å²) < 4.78 is 25.8. The molecule has 1 saturated carbocycles. The Morgan fingerprint density at radius 2 is 1.74 bits per heavy atom. The molecule has 1 N–H and O–H groups in total. The highest BCUT2D eigenvalue weighted by Crippen LogP contribution is 2.37. The summed E-state index contributed by atoms with van der Waals surface area (Å²) in [6.07, 6.45) is 4.90. The van der Waals surface area contributed by atoms with Gasteiger partial charge in [0.2, 0.25) is 0 Å². The van der Waals surface area contributed by atoms with Gasteiger partial charge < -0.3 is 14.5 Å². The van der Waals surface area contributed by atoms with Gasteiger partial charge in [-0.2, -0.15) is 0 Å². The fraction of sp³-hybridized carbons (Fsp3) is 0.333. The van der Waals surface area contributed by atoms with E-state index in [4.69, 9.17) is 9.15 Å². The number of nitrogens with one attached hydrogen (secondary N) is 1. The van der Waals surface area contributed by atoms with E-state index < -0.39 is 0 Å². The van der Waals surface area contributed by atoms with Gasteiger partial charge >= 0.3 is 0 Å². The number of furan rings is 1. The topological polar surface area (TPSA) is 68.5 Å². The fourth-order valence-electron chi connectivity index (χ4n) is 4.88. The summed E-state index contributed by atoms with van der Waals surface area (Å²) in [5, 5.41) is 3.34. The second-order valence-electron chi connectivity index (χ2n) is 10.8. The fourth-order valence-corrected chi connectivity index (χ4v) is 4.88. The van der Waals surface area contributed by atoms with E-state index in [0.717, 1.165) is 17.5 Å². The maximum absolute atomic E-state index is 13.6. The molecule has 39 heavy (non-hydrogen) atoms. The molecule has 5 nitrogen and oxygen atoms in total. The molecule has 1 heterocycles. The van der Waals surface area contributed by atoms with Crippen molar-refractivity contribution in [1.29, 1.82) is 0 Å². The molecule has 1 aromatic heterocycles. The van der Waals surface area contributed by atoms with Gasteiger partial charge in [0.25, 0.3) is 5.91 Å². The highest BCUT2D eigenvalue weighted by Gasteiger charge is 2.23. The molecule has 0 saturated heterocycles. The van der Waals surface area contributed by atoms with Crippen LogP contribution >= 0.6 is 0 Å². The summed E-state index contributed by atoms with van der Waals surface area (Å²) in [6, 6.07) is 17.2. The molecule has 202 valence electrons. The average molecular weight is 528 g/mol. The number of Topliss-reactive ketones (excluding diaryl/α,β-unsaturated/α-hetero) is 1. The van der Waals surface area contributed by atoms with Gasteiger partial charge in [-0.15, -0.1) is 0 Å². The van der Waals surface area contributed by atoms with E-state index in [2.05, 4.69) is 19.2 Å². The minimum atomic E-state index is -0.364. The van der Waals surface area contributed by atoms with Crippen LogP contribution in [0.5, 0.6) is 5.75 Å². The molecule has 3 aromatic carbocycles. The van der Waals surface area contributed by atoms with Crippen LogP contribution in [0.3, 0.4) is 0 Å². The van der Waals surface area contributed by atoms with E-state index in [1.165, 1.54) is 31.4 Å². The Bertz CT molecular complexity index is 1500. The van der Waals surface area contributed by atoms with Crippen LogP contribution in [0.2, 0.25) is 0 Å². The maximum Gasteiger partial charge on any atom is 0.255 e. The zero-order chi connectivity index (χ0) is 27.5. The third-order valence-corrected chi connectivity index (χ3v) is 7.47. The molecular formula is C33H34FNO4. The third-order valence-electron chi connectivity index (χ3n) is 7.47. The van der Waals surface area contributed by atoms with Crippen molar-refractivity contribution in [3.8, 4) is 28.2 Å². The molecule has 6 heteroatoms. The first-order valence-electron chi connectivity index (χ1n) is 13.7. The van der Waals surface area contributed by atoms with E-state index in [0.29, 0.717) is 64.0 Å². The number of halogens is 1. The number of fused-ring (bicyclic) bond motifs is 1. The highest BCUT2D eigenvalue weighted by atomic mass is 19.1. The van der Waals surface area contributed by atoms with Crippen molar-refractivity contribution < 1.29 is 23.1 Å². The smallest absolute Gasteiger partial charge is 0.255 e. The minimum Gasteiger partial charge on any atom is -0.493 e. The minimum absolute atomic E-state index is 0.0908. The normalized spacial score (nSPS) is 13.5. The summed E-state index contributed by atoms with van der Waals surface area (Å²) >= 11 is 0. The van der Waals surface area contributed by atoms with Gasteiger partial charge in [0.05, 0.1) is 12.2 Å². The van der Waals surface area contributed by atoms with Gasteiger partial charge in [-0.05, 0) is 96.8 Å². The van der Waals surface area contributed by atoms with Crippen molar-refractivity contribution in [2.75, 3.05) is 13.7 Å². The Hall–Kier alpha value is -3.93. The number of carbonyl (C=O) groups is 2. The molecule has 1 amide bonds. The largest absolute Gasteiger partial charge is 0.493 e. The Kier molecular flexibility index (Phi) is 7.82. The number of ether oxygens (including phenoxy) is 1. The number of rotatable bonds is 10. The molecule has 1 aliphatic carbocycles. The highest BCUT2D eigenvalue weighted by molar-refractivity contribution is 6.12. The van der Waals surface area contributed by atoms with Crippen LogP contribution < -0.4 is 10.1 Å². The van der Waals surface area contributed by atoms with Crippen LogP contribution in [0.1, 0.15) is 66.7 Å². The number of ketones is 1. The van der Waals surface area contributed by atoms with E-state index in [9.17, 15) is 14.0 Å². The molecule has 1 aliphatic rings. The van der Waals surface area contributed by atoms with E-state index >= 15 is 0 Å². The van der Waals surface area contributed by atoms with Gasteiger partial charge in [0, 0.05) is 30.0 Å². The third kappa shape index (κ3) is 5.90. The maximum atomic E-state index is 13.6. The van der Waals surface area contributed by atoms with Crippen molar-refractivity contribution in [3.05, 3.63) is 77.6 Å². The molecule has 4 aromatic rings. The molecular weight excluding hydrogens is 493 g/mol. The van der Waals surface area contributed by atoms with Gasteiger partial charge in [0.15, 0.2) is 5.78 Å². The average Bonchev–Trinajstić information content (AvgIpc) is 3.29. The van der Waals surface area contributed by atoms with Crippen molar-refractivity contribution in [2.24, 2.45) is 11.8 Å². The van der Waals surface area contributed by atoms with Crippen molar-refractivity contribution >= 4 is 22.7 Å². The second-order valence-corrected chi connectivity index (χ2v) is 10.8. The van der Waals surface area contributed by atoms with Crippen LogP contribution in [0.4, 0.5) is 4.39 Å². The summed E-state index contributed by atoms with van der Waals surface area (Å²) in [5.74, 6) is 1.49. The monoisotopic (exact) mass is 527 g/mol. The van der Waals surface area contributed by atoms with Gasteiger partial charge in [-0.25, -0.2) is 4.39 Å². The lowest BCUT2D eigenvalue weighted by molar-refractivity contribution is 0.0960. The summed E-state index contributed by atoms with van der Waals surface area (Å²) in [5.41, 5.74) is 3.84. The summed E-state index contributed by atoms with van der Waals surface area (Å²) in [7, 11) is 1.57. The first kappa shape index (κ1) is 26.7. The summed E-state index contributed by atoms with van der Waals surface area (Å²) in [6.45, 7) is 4.87. The number of benzene rings is 3. The lowest BCUT2D eigenvalue weighted by atomic mass is 9.86. The molecule has 0 spiro atoms. The van der Waals surface area contributed by atoms with Crippen LogP contribution in [-0.2, 0) is 0 Å². The van der Waals surface area contributed by atoms with Gasteiger partial charge in [0.1, 0.15) is 22.9 Å².